The number of nitrogens with one attached hydrogen (secondary N) is 1. The molecule has 0 radical (unpaired) electrons. The number of hydrogen-bond donors (Lipinski definition) is 2. The van der Waals surface area contributed by atoms with Crippen molar-refractivity contribution in [1.29, 1.82) is 0 Å². The van der Waals surface area contributed by atoms with E-state index in [9.17, 15) is 0 Å². The number of rotatable bonds is 9. The number of nitrogens with zero attached hydrogens (tertiary/aromatic N) is 2. The van der Waals surface area contributed by atoms with E-state index in [2.05, 4.69) is 29.0 Å². The first-order valence-electron chi connectivity index (χ1n) is 7.61. The van der Waals surface area contributed by atoms with Crippen molar-refractivity contribution in [2.75, 3.05) is 37.3 Å². The summed E-state index contributed by atoms with van der Waals surface area (Å²) in [6.07, 6.45) is 3.65. The van der Waals surface area contributed by atoms with Gasteiger partial charge in [0.2, 0.25) is 5.88 Å². The maximum Gasteiger partial charge on any atom is 0.239 e. The minimum absolute atomic E-state index is 0.534. The van der Waals surface area contributed by atoms with Gasteiger partial charge in [0.1, 0.15) is 5.82 Å². The monoisotopic (exact) mass is 278 g/mol. The average Bonchev–Trinajstić information content (AvgIpc) is 3.28. The maximum atomic E-state index is 5.85. The van der Waals surface area contributed by atoms with Gasteiger partial charge in [-0.25, -0.2) is 0 Å². The first-order chi connectivity index (χ1) is 9.74. The molecule has 0 aliphatic heterocycles. The highest BCUT2D eigenvalue weighted by Crippen LogP contribution is 2.26. The molecular weight excluding hydrogens is 252 g/mol. The molecule has 0 atom stereocenters. The molecule has 0 bridgehead atoms. The van der Waals surface area contributed by atoms with Crippen LogP contribution in [-0.2, 0) is 0 Å². The van der Waals surface area contributed by atoms with Crippen LogP contribution in [0.15, 0.2) is 12.1 Å². The smallest absolute Gasteiger partial charge is 0.239 e. The van der Waals surface area contributed by atoms with Crippen LogP contribution in [0.5, 0.6) is 5.88 Å². The van der Waals surface area contributed by atoms with Crippen molar-refractivity contribution in [1.82, 2.24) is 9.88 Å². The Morgan fingerprint density at radius 2 is 2.20 bits per heavy atom. The van der Waals surface area contributed by atoms with Gasteiger partial charge in [-0.15, -0.1) is 0 Å². The molecule has 5 heteroatoms. The summed E-state index contributed by atoms with van der Waals surface area (Å²) in [4.78, 5) is 6.93. The molecule has 0 spiro atoms. The normalized spacial score (nSPS) is 14.6. The number of anilines is 2. The van der Waals surface area contributed by atoms with Gasteiger partial charge in [0.05, 0.1) is 12.3 Å². The van der Waals surface area contributed by atoms with Gasteiger partial charge < -0.3 is 15.8 Å². The highest BCUT2D eigenvalue weighted by atomic mass is 16.5. The number of nitrogen functional groups attached to an aromatic ring is 1. The lowest BCUT2D eigenvalue weighted by Crippen LogP contribution is -2.31. The third-order valence-corrected chi connectivity index (χ3v) is 3.51. The molecule has 1 fully saturated rings. The second-order valence-electron chi connectivity index (χ2n) is 5.23. The standard InChI is InChI=1S/C15H26N4O/c1-3-11-20-15-13(16)7-8-14(18-15)17-9-10-19(4-2)12-5-6-12/h7-8,12H,3-6,9-11,16H2,1-2H3,(H,17,18). The fraction of sp³-hybridized carbons (Fsp3) is 0.667. The lowest BCUT2D eigenvalue weighted by Gasteiger charge is -2.20. The van der Waals surface area contributed by atoms with Crippen LogP contribution in [0.3, 0.4) is 0 Å². The number of hydrogen-bond acceptors (Lipinski definition) is 5. The van der Waals surface area contributed by atoms with E-state index in [4.69, 9.17) is 10.5 Å². The van der Waals surface area contributed by atoms with Crippen LogP contribution in [-0.4, -0.2) is 42.2 Å². The minimum atomic E-state index is 0.534. The van der Waals surface area contributed by atoms with Crippen molar-refractivity contribution >= 4 is 11.5 Å². The predicted molar refractivity (Wildman–Crippen MR) is 83.2 cm³/mol. The molecule has 5 nitrogen and oxygen atoms in total. The summed E-state index contributed by atoms with van der Waals surface area (Å²) in [6.45, 7) is 8.00. The lowest BCUT2D eigenvalue weighted by atomic mass is 10.4. The zero-order chi connectivity index (χ0) is 14.4. The summed E-state index contributed by atoms with van der Waals surface area (Å²) < 4.78 is 5.54. The van der Waals surface area contributed by atoms with E-state index in [1.54, 1.807) is 0 Å². The van der Waals surface area contributed by atoms with E-state index in [0.717, 1.165) is 37.9 Å². The van der Waals surface area contributed by atoms with Crippen molar-refractivity contribution in [3.05, 3.63) is 12.1 Å². The number of aromatic nitrogens is 1. The molecule has 0 saturated heterocycles. The Kier molecular flexibility index (Phi) is 5.47. The molecule has 1 heterocycles. The predicted octanol–water partition coefficient (Wildman–Crippen LogP) is 2.35. The van der Waals surface area contributed by atoms with E-state index in [0.29, 0.717) is 18.2 Å². The van der Waals surface area contributed by atoms with Crippen LogP contribution >= 0.6 is 0 Å². The molecule has 2 rings (SSSR count). The molecular formula is C15H26N4O. The quantitative estimate of drug-likeness (QED) is 0.726. The van der Waals surface area contributed by atoms with E-state index in [1.165, 1.54) is 12.8 Å². The van der Waals surface area contributed by atoms with Crippen molar-refractivity contribution in [3.8, 4) is 5.88 Å². The topological polar surface area (TPSA) is 63.4 Å². The van der Waals surface area contributed by atoms with Crippen LogP contribution in [0.2, 0.25) is 0 Å². The summed E-state index contributed by atoms with van der Waals surface area (Å²) in [5, 5.41) is 3.35. The average molecular weight is 278 g/mol. The van der Waals surface area contributed by atoms with Gasteiger partial charge in [0.25, 0.3) is 0 Å². The zero-order valence-corrected chi connectivity index (χ0v) is 12.6. The third-order valence-electron chi connectivity index (χ3n) is 3.51. The number of nitrogens with two attached hydrogens (primary N) is 1. The van der Waals surface area contributed by atoms with Crippen molar-refractivity contribution < 1.29 is 4.74 Å². The van der Waals surface area contributed by atoms with Gasteiger partial charge in [-0.2, -0.15) is 4.98 Å². The lowest BCUT2D eigenvalue weighted by molar-refractivity contribution is 0.288. The third kappa shape index (κ3) is 4.27. The van der Waals surface area contributed by atoms with Gasteiger partial charge in [0, 0.05) is 19.1 Å². The van der Waals surface area contributed by atoms with Gasteiger partial charge in [-0.05, 0) is 37.9 Å². The van der Waals surface area contributed by atoms with E-state index < -0.39 is 0 Å². The molecule has 1 saturated carbocycles. The Bertz CT molecular complexity index is 420. The first kappa shape index (κ1) is 14.9. The number of ether oxygens (including phenoxy) is 1. The van der Waals surface area contributed by atoms with Gasteiger partial charge in [0.15, 0.2) is 0 Å². The van der Waals surface area contributed by atoms with Gasteiger partial charge in [-0.1, -0.05) is 13.8 Å². The van der Waals surface area contributed by atoms with Crippen LogP contribution in [0, 0.1) is 0 Å². The number of likely N-dealkylation sites (N-methyl/N-ethyl adjacent to an activating group) is 1. The Morgan fingerprint density at radius 1 is 1.40 bits per heavy atom. The van der Waals surface area contributed by atoms with E-state index in [1.807, 2.05) is 12.1 Å². The molecule has 1 aliphatic rings. The summed E-state index contributed by atoms with van der Waals surface area (Å²) in [5.41, 5.74) is 6.45. The fourth-order valence-electron chi connectivity index (χ4n) is 2.23. The molecule has 0 aromatic carbocycles. The van der Waals surface area contributed by atoms with Crippen LogP contribution in [0.1, 0.15) is 33.1 Å². The summed E-state index contributed by atoms with van der Waals surface area (Å²) >= 11 is 0. The molecule has 1 aliphatic carbocycles. The second-order valence-corrected chi connectivity index (χ2v) is 5.23. The zero-order valence-electron chi connectivity index (χ0n) is 12.6. The molecule has 20 heavy (non-hydrogen) atoms. The Balaban J connectivity index is 1.82. The maximum absolute atomic E-state index is 5.85. The molecule has 0 amide bonds. The molecule has 1 aromatic heterocycles. The van der Waals surface area contributed by atoms with Crippen LogP contribution in [0.25, 0.3) is 0 Å². The molecule has 3 N–H and O–H groups in total. The molecule has 0 unspecified atom stereocenters. The van der Waals surface area contributed by atoms with E-state index in [-0.39, 0.29) is 0 Å². The van der Waals surface area contributed by atoms with Gasteiger partial charge >= 0.3 is 0 Å². The van der Waals surface area contributed by atoms with Gasteiger partial charge in [-0.3, -0.25) is 4.90 Å². The van der Waals surface area contributed by atoms with Crippen molar-refractivity contribution in [2.24, 2.45) is 0 Å². The van der Waals surface area contributed by atoms with Crippen molar-refractivity contribution in [3.63, 3.8) is 0 Å². The fourth-order valence-corrected chi connectivity index (χ4v) is 2.23. The first-order valence-corrected chi connectivity index (χ1v) is 7.61. The Labute approximate surface area is 121 Å². The molecule has 112 valence electrons. The van der Waals surface area contributed by atoms with E-state index >= 15 is 0 Å². The minimum Gasteiger partial charge on any atom is -0.476 e. The highest BCUT2D eigenvalue weighted by molar-refractivity contribution is 5.53. The Hall–Kier alpha value is -1.49. The van der Waals surface area contributed by atoms with Crippen LogP contribution < -0.4 is 15.8 Å². The van der Waals surface area contributed by atoms with Crippen molar-refractivity contribution in [2.45, 2.75) is 39.2 Å². The summed E-state index contributed by atoms with van der Waals surface area (Å²) in [6, 6.07) is 4.56. The van der Waals surface area contributed by atoms with Crippen LogP contribution in [0.4, 0.5) is 11.5 Å². The summed E-state index contributed by atoms with van der Waals surface area (Å²) in [5.74, 6) is 1.36. The largest absolute Gasteiger partial charge is 0.476 e. The summed E-state index contributed by atoms with van der Waals surface area (Å²) in [7, 11) is 0. The molecule has 1 aromatic rings. The number of pyridine rings is 1. The SMILES string of the molecule is CCCOc1nc(NCCN(CC)C2CC2)ccc1N. The highest BCUT2D eigenvalue weighted by Gasteiger charge is 2.27. The second kappa shape index (κ2) is 7.33. The Morgan fingerprint density at radius 3 is 2.85 bits per heavy atom.